The zero-order valence-corrected chi connectivity index (χ0v) is 24.0. The third-order valence-corrected chi connectivity index (χ3v) is 7.97. The van der Waals surface area contributed by atoms with E-state index in [2.05, 4.69) is 5.32 Å². The molecular formula is C30H31F3N4O6. The molecule has 0 aliphatic carbocycles. The average Bonchev–Trinajstić information content (AvgIpc) is 3.07. The number of aromatic nitrogens is 1. The van der Waals surface area contributed by atoms with Crippen molar-refractivity contribution in [2.24, 2.45) is 0 Å². The van der Waals surface area contributed by atoms with Crippen LogP contribution in [0.15, 0.2) is 53.5 Å². The van der Waals surface area contributed by atoms with Crippen molar-refractivity contribution in [1.29, 1.82) is 0 Å². The molecule has 13 heteroatoms. The van der Waals surface area contributed by atoms with Crippen LogP contribution in [0.1, 0.15) is 45.8 Å². The summed E-state index contributed by atoms with van der Waals surface area (Å²) in [6.45, 7) is 3.02. The molecule has 4 atom stereocenters. The topological polar surface area (TPSA) is 102 Å². The minimum Gasteiger partial charge on any atom is -0.482 e. The summed E-state index contributed by atoms with van der Waals surface area (Å²) in [6.07, 6.45) is 0.168. The van der Waals surface area contributed by atoms with Gasteiger partial charge in [0.2, 0.25) is 5.43 Å². The molecule has 2 aliphatic rings. The van der Waals surface area contributed by atoms with Gasteiger partial charge in [-0.2, -0.15) is 0 Å². The van der Waals surface area contributed by atoms with Crippen LogP contribution in [0.2, 0.25) is 0 Å². The Morgan fingerprint density at radius 1 is 0.977 bits per heavy atom. The number of carbonyl (C=O) groups excluding carboxylic acids is 2. The van der Waals surface area contributed by atoms with Crippen LogP contribution >= 0.6 is 0 Å². The number of rotatable bonds is 8. The van der Waals surface area contributed by atoms with E-state index in [-0.39, 0.29) is 24.7 Å². The molecule has 1 fully saturated rings. The SMILES string of the molecule is CO[C@@H]1[C@H](OC)[C@@H](C)N2CN(C(=O)c3c(OCc4ccccc4)c(=O)c(C(=O)NCc4c(F)cc(F)cc4F)cn32)[C@H]1C. The van der Waals surface area contributed by atoms with E-state index in [0.29, 0.717) is 17.7 Å². The van der Waals surface area contributed by atoms with Gasteiger partial charge in [0.05, 0.1) is 12.1 Å². The highest BCUT2D eigenvalue weighted by Crippen LogP contribution is 2.32. The number of carbonyl (C=O) groups is 2. The normalized spacial score (nSPS) is 21.3. The van der Waals surface area contributed by atoms with Gasteiger partial charge in [-0.25, -0.2) is 13.2 Å². The van der Waals surface area contributed by atoms with E-state index in [1.54, 1.807) is 34.2 Å². The number of pyridine rings is 1. The van der Waals surface area contributed by atoms with Crippen molar-refractivity contribution in [2.75, 3.05) is 25.9 Å². The number of methoxy groups -OCH3 is 2. The largest absolute Gasteiger partial charge is 0.482 e. The molecule has 1 saturated heterocycles. The Kier molecular flexibility index (Phi) is 8.47. The Bertz CT molecular complexity index is 1580. The van der Waals surface area contributed by atoms with Crippen LogP contribution in [-0.4, -0.2) is 66.6 Å². The second-order valence-electron chi connectivity index (χ2n) is 10.4. The predicted molar refractivity (Wildman–Crippen MR) is 149 cm³/mol. The monoisotopic (exact) mass is 600 g/mol. The van der Waals surface area contributed by atoms with Gasteiger partial charge in [-0.15, -0.1) is 0 Å². The molecule has 43 heavy (non-hydrogen) atoms. The van der Waals surface area contributed by atoms with Crippen molar-refractivity contribution in [3.8, 4) is 5.75 Å². The van der Waals surface area contributed by atoms with Crippen molar-refractivity contribution < 1.29 is 37.0 Å². The molecule has 228 valence electrons. The lowest BCUT2D eigenvalue weighted by Gasteiger charge is -2.42. The van der Waals surface area contributed by atoms with Gasteiger partial charge < -0.3 is 24.4 Å². The Morgan fingerprint density at radius 3 is 2.23 bits per heavy atom. The molecule has 2 aliphatic heterocycles. The van der Waals surface area contributed by atoms with Crippen LogP contribution in [0.3, 0.4) is 0 Å². The molecule has 3 aromatic rings. The van der Waals surface area contributed by atoms with Gasteiger partial charge in [0.15, 0.2) is 11.4 Å². The summed E-state index contributed by atoms with van der Waals surface area (Å²) >= 11 is 0. The zero-order valence-electron chi connectivity index (χ0n) is 24.0. The summed E-state index contributed by atoms with van der Waals surface area (Å²) in [5.74, 6) is -5.34. The highest BCUT2D eigenvalue weighted by atomic mass is 19.1. The highest BCUT2D eigenvalue weighted by Gasteiger charge is 2.48. The lowest BCUT2D eigenvalue weighted by Crippen LogP contribution is -2.58. The van der Waals surface area contributed by atoms with Gasteiger partial charge in [-0.1, -0.05) is 30.3 Å². The molecule has 0 saturated carbocycles. The quantitative estimate of drug-likeness (QED) is 0.424. The van der Waals surface area contributed by atoms with Crippen LogP contribution in [0.5, 0.6) is 5.75 Å². The standard InChI is InChI=1S/C30H31F3N4O6/c1-16-26(41-3)27(42-4)17(2)37-15-35(16)30(40)24-28(43-14-18-8-6-5-7-9-18)25(38)21(13-36(24)37)29(39)34-12-20-22(32)10-19(31)11-23(20)33/h5-11,13,16-17,26-27H,12,14-15H2,1-4H3,(H,34,39)/t16-,17+,26-,27+/m0/s1. The summed E-state index contributed by atoms with van der Waals surface area (Å²) in [4.78, 5) is 42.7. The average molecular weight is 601 g/mol. The van der Waals surface area contributed by atoms with Crippen LogP contribution < -0.4 is 20.5 Å². The molecule has 3 heterocycles. The van der Waals surface area contributed by atoms with Crippen molar-refractivity contribution >= 4 is 11.8 Å². The molecule has 0 spiro atoms. The summed E-state index contributed by atoms with van der Waals surface area (Å²) < 4.78 is 60.7. The van der Waals surface area contributed by atoms with Crippen molar-refractivity contribution in [3.63, 3.8) is 0 Å². The number of amides is 2. The number of fused-ring (bicyclic) bond motifs is 4. The first-order valence-electron chi connectivity index (χ1n) is 13.6. The maximum atomic E-state index is 14.2. The van der Waals surface area contributed by atoms with Crippen LogP contribution in [-0.2, 0) is 22.6 Å². The van der Waals surface area contributed by atoms with Gasteiger partial charge in [-0.3, -0.25) is 24.1 Å². The molecule has 5 rings (SSSR count). The number of ether oxygens (including phenoxy) is 3. The number of nitrogens with zero attached hydrogens (tertiary/aromatic N) is 3. The maximum absolute atomic E-state index is 14.2. The molecule has 2 bridgehead atoms. The van der Waals surface area contributed by atoms with E-state index in [4.69, 9.17) is 14.2 Å². The summed E-state index contributed by atoms with van der Waals surface area (Å²) in [5, 5.41) is 4.09. The number of halogens is 3. The first kappa shape index (κ1) is 30.1. The number of nitrogens with one attached hydrogen (secondary N) is 1. The van der Waals surface area contributed by atoms with Gasteiger partial charge in [0.1, 0.15) is 48.5 Å². The van der Waals surface area contributed by atoms with Crippen molar-refractivity contribution in [1.82, 2.24) is 14.9 Å². The molecule has 0 radical (unpaired) electrons. The zero-order chi connectivity index (χ0) is 31.0. The first-order chi connectivity index (χ1) is 20.6. The Morgan fingerprint density at radius 2 is 1.60 bits per heavy atom. The predicted octanol–water partition coefficient (Wildman–Crippen LogP) is 2.95. The maximum Gasteiger partial charge on any atom is 0.278 e. The van der Waals surface area contributed by atoms with Gasteiger partial charge in [0, 0.05) is 44.7 Å². The van der Waals surface area contributed by atoms with Crippen molar-refractivity contribution in [3.05, 3.63) is 98.7 Å². The lowest BCUT2D eigenvalue weighted by atomic mass is 10.0. The molecule has 1 aromatic heterocycles. The number of hydrogen-bond donors (Lipinski definition) is 1. The molecular weight excluding hydrogens is 569 g/mol. The smallest absolute Gasteiger partial charge is 0.278 e. The second-order valence-corrected chi connectivity index (χ2v) is 10.4. The number of benzene rings is 2. The van der Waals surface area contributed by atoms with Crippen LogP contribution in [0.25, 0.3) is 0 Å². The van der Waals surface area contributed by atoms with Crippen LogP contribution in [0.4, 0.5) is 13.2 Å². The van der Waals surface area contributed by atoms with Crippen LogP contribution in [0, 0.1) is 17.5 Å². The fraction of sp³-hybridized carbons (Fsp3) is 0.367. The fourth-order valence-electron chi connectivity index (χ4n) is 5.63. The van der Waals surface area contributed by atoms with E-state index in [9.17, 15) is 27.6 Å². The van der Waals surface area contributed by atoms with E-state index < -0.39 is 76.7 Å². The molecule has 1 N–H and O–H groups in total. The Balaban J connectivity index is 1.60. The number of hydrogen-bond acceptors (Lipinski definition) is 7. The van der Waals surface area contributed by atoms with E-state index in [1.807, 2.05) is 19.9 Å². The summed E-state index contributed by atoms with van der Waals surface area (Å²) in [5.41, 5.74) is -1.29. The molecule has 2 aromatic carbocycles. The minimum absolute atomic E-state index is 0.0834. The van der Waals surface area contributed by atoms with Crippen molar-refractivity contribution in [2.45, 2.75) is 51.3 Å². The minimum atomic E-state index is -1.19. The van der Waals surface area contributed by atoms with Gasteiger partial charge in [-0.05, 0) is 19.4 Å². The lowest BCUT2D eigenvalue weighted by molar-refractivity contribution is -0.0649. The highest BCUT2D eigenvalue weighted by molar-refractivity contribution is 5.99. The van der Waals surface area contributed by atoms with Gasteiger partial charge in [0.25, 0.3) is 11.8 Å². The molecule has 2 amide bonds. The van der Waals surface area contributed by atoms with Gasteiger partial charge >= 0.3 is 0 Å². The first-order valence-corrected chi connectivity index (χ1v) is 13.6. The Hall–Kier alpha value is -4.36. The van der Waals surface area contributed by atoms with E-state index >= 15 is 0 Å². The van der Waals surface area contributed by atoms with E-state index in [1.165, 1.54) is 25.1 Å². The Labute approximate surface area is 245 Å². The third-order valence-electron chi connectivity index (χ3n) is 7.97. The second kappa shape index (κ2) is 12.1. The fourth-order valence-corrected chi connectivity index (χ4v) is 5.63. The summed E-state index contributed by atoms with van der Waals surface area (Å²) in [6, 6.07) is 9.05. The third kappa shape index (κ3) is 5.45. The summed E-state index contributed by atoms with van der Waals surface area (Å²) in [7, 11) is 3.05. The molecule has 0 unspecified atom stereocenters. The molecule has 10 nitrogen and oxygen atoms in total. The van der Waals surface area contributed by atoms with E-state index in [0.717, 1.165) is 0 Å².